The summed E-state index contributed by atoms with van der Waals surface area (Å²) in [7, 11) is 0. The van der Waals surface area contributed by atoms with Gasteiger partial charge in [-0.1, -0.05) is 18.2 Å². The van der Waals surface area contributed by atoms with Gasteiger partial charge in [0, 0.05) is 12.0 Å². The number of carbonyl (C=O) groups excluding carboxylic acids is 2. The second-order valence-electron chi connectivity index (χ2n) is 7.49. The zero-order valence-corrected chi connectivity index (χ0v) is 15.8. The Bertz CT molecular complexity index is 856. The molecule has 0 aromatic heterocycles. The van der Waals surface area contributed by atoms with Crippen LogP contribution in [0.4, 0.5) is 5.69 Å². The summed E-state index contributed by atoms with van der Waals surface area (Å²) >= 11 is 0. The van der Waals surface area contributed by atoms with Gasteiger partial charge >= 0.3 is 0 Å². The molecule has 2 amide bonds. The van der Waals surface area contributed by atoms with E-state index in [0.717, 1.165) is 11.3 Å². The van der Waals surface area contributed by atoms with Crippen LogP contribution in [-0.2, 0) is 11.2 Å². The van der Waals surface area contributed by atoms with Gasteiger partial charge in [0.15, 0.2) is 11.5 Å². The van der Waals surface area contributed by atoms with Gasteiger partial charge in [0.05, 0.1) is 11.3 Å². The molecule has 27 heavy (non-hydrogen) atoms. The van der Waals surface area contributed by atoms with E-state index in [0.29, 0.717) is 29.8 Å². The van der Waals surface area contributed by atoms with Crippen molar-refractivity contribution in [2.45, 2.75) is 39.2 Å². The molecule has 1 heterocycles. The van der Waals surface area contributed by atoms with E-state index in [4.69, 9.17) is 9.47 Å². The fourth-order valence-electron chi connectivity index (χ4n) is 2.77. The molecule has 2 N–H and O–H groups in total. The van der Waals surface area contributed by atoms with E-state index in [9.17, 15) is 9.59 Å². The summed E-state index contributed by atoms with van der Waals surface area (Å²) < 4.78 is 10.6. The number of benzene rings is 2. The molecule has 0 fully saturated rings. The Morgan fingerprint density at radius 1 is 1.04 bits per heavy atom. The molecule has 0 aliphatic carbocycles. The maximum atomic E-state index is 12.5. The highest BCUT2D eigenvalue weighted by Crippen LogP contribution is 2.32. The minimum absolute atomic E-state index is 0.149. The van der Waals surface area contributed by atoms with Crippen LogP contribution in [0.3, 0.4) is 0 Å². The first-order chi connectivity index (χ1) is 12.8. The van der Waals surface area contributed by atoms with E-state index >= 15 is 0 Å². The molecular weight excluding hydrogens is 344 g/mol. The van der Waals surface area contributed by atoms with Crippen molar-refractivity contribution < 1.29 is 19.1 Å². The van der Waals surface area contributed by atoms with Gasteiger partial charge in [-0.05, 0) is 57.0 Å². The van der Waals surface area contributed by atoms with Crippen LogP contribution >= 0.6 is 0 Å². The quantitative estimate of drug-likeness (QED) is 0.847. The van der Waals surface area contributed by atoms with Crippen molar-refractivity contribution in [1.29, 1.82) is 0 Å². The van der Waals surface area contributed by atoms with Crippen molar-refractivity contribution in [2.75, 3.05) is 12.1 Å². The maximum Gasteiger partial charge on any atom is 0.253 e. The largest absolute Gasteiger partial charge is 0.454 e. The molecule has 0 unspecified atom stereocenters. The van der Waals surface area contributed by atoms with Crippen LogP contribution in [-0.4, -0.2) is 24.1 Å². The molecule has 142 valence electrons. The average Bonchev–Trinajstić information content (AvgIpc) is 3.06. The SMILES string of the molecule is CC(C)(C)NC(=O)c1ccccc1NC(=O)CCc1ccc2c(c1)OCO2. The van der Waals surface area contributed by atoms with Gasteiger partial charge in [-0.2, -0.15) is 0 Å². The molecule has 0 saturated carbocycles. The Kier molecular flexibility index (Phi) is 5.35. The molecule has 6 nitrogen and oxygen atoms in total. The predicted molar refractivity (Wildman–Crippen MR) is 103 cm³/mol. The summed E-state index contributed by atoms with van der Waals surface area (Å²) in [6.45, 7) is 5.97. The molecule has 2 aromatic rings. The normalized spacial score (nSPS) is 12.6. The summed E-state index contributed by atoms with van der Waals surface area (Å²) in [6, 6.07) is 12.7. The van der Waals surface area contributed by atoms with Gasteiger partial charge in [-0.3, -0.25) is 9.59 Å². The second-order valence-corrected chi connectivity index (χ2v) is 7.49. The molecule has 0 radical (unpaired) electrons. The first-order valence-electron chi connectivity index (χ1n) is 8.92. The van der Waals surface area contributed by atoms with Crippen LogP contribution in [0.1, 0.15) is 43.1 Å². The fraction of sp³-hybridized carbons (Fsp3) is 0.333. The zero-order valence-electron chi connectivity index (χ0n) is 15.8. The Morgan fingerprint density at radius 2 is 1.78 bits per heavy atom. The number of ether oxygens (including phenoxy) is 2. The van der Waals surface area contributed by atoms with Crippen LogP contribution in [0.5, 0.6) is 11.5 Å². The van der Waals surface area contributed by atoms with Crippen LogP contribution in [0, 0.1) is 0 Å². The summed E-state index contributed by atoms with van der Waals surface area (Å²) in [5.74, 6) is 1.07. The number of rotatable bonds is 5. The average molecular weight is 368 g/mol. The van der Waals surface area contributed by atoms with Gasteiger partial charge in [-0.15, -0.1) is 0 Å². The summed E-state index contributed by atoms with van der Waals surface area (Å²) in [4.78, 5) is 24.8. The lowest BCUT2D eigenvalue weighted by Crippen LogP contribution is -2.40. The topological polar surface area (TPSA) is 76.7 Å². The van der Waals surface area contributed by atoms with Crippen LogP contribution in [0.2, 0.25) is 0 Å². The molecule has 0 atom stereocenters. The molecule has 6 heteroatoms. The third-order valence-electron chi connectivity index (χ3n) is 4.01. The van der Waals surface area contributed by atoms with Gasteiger partial charge in [0.2, 0.25) is 12.7 Å². The summed E-state index contributed by atoms with van der Waals surface area (Å²) in [5.41, 5.74) is 1.60. The second kappa shape index (κ2) is 7.70. The number of aryl methyl sites for hydroxylation is 1. The van der Waals surface area contributed by atoms with Crippen molar-refractivity contribution in [3.8, 4) is 11.5 Å². The highest BCUT2D eigenvalue weighted by Gasteiger charge is 2.19. The first kappa shape index (κ1) is 18.8. The highest BCUT2D eigenvalue weighted by molar-refractivity contribution is 6.04. The van der Waals surface area contributed by atoms with Crippen molar-refractivity contribution in [3.05, 3.63) is 53.6 Å². The van der Waals surface area contributed by atoms with E-state index < -0.39 is 0 Å². The predicted octanol–water partition coefficient (Wildman–Crippen LogP) is 3.51. The number of hydrogen-bond donors (Lipinski definition) is 2. The van der Waals surface area contributed by atoms with E-state index in [2.05, 4.69) is 10.6 Å². The monoisotopic (exact) mass is 368 g/mol. The summed E-state index contributed by atoms with van der Waals surface area (Å²) in [5, 5.41) is 5.76. The third-order valence-corrected chi connectivity index (χ3v) is 4.01. The van der Waals surface area contributed by atoms with Crippen molar-refractivity contribution in [1.82, 2.24) is 5.32 Å². The zero-order chi connectivity index (χ0) is 19.4. The molecule has 0 saturated heterocycles. The molecular formula is C21H24N2O4. The molecule has 0 bridgehead atoms. The molecule has 2 aromatic carbocycles. The fourth-order valence-corrected chi connectivity index (χ4v) is 2.77. The van der Waals surface area contributed by atoms with Crippen molar-refractivity contribution in [2.24, 2.45) is 0 Å². The number of nitrogens with one attached hydrogen (secondary N) is 2. The Hall–Kier alpha value is -3.02. The van der Waals surface area contributed by atoms with Gasteiger partial charge in [0.1, 0.15) is 0 Å². The number of anilines is 1. The Labute approximate surface area is 158 Å². The van der Waals surface area contributed by atoms with Crippen molar-refractivity contribution in [3.63, 3.8) is 0 Å². The lowest BCUT2D eigenvalue weighted by molar-refractivity contribution is -0.116. The van der Waals surface area contributed by atoms with Gasteiger partial charge in [-0.25, -0.2) is 0 Å². The van der Waals surface area contributed by atoms with E-state index in [1.165, 1.54) is 0 Å². The van der Waals surface area contributed by atoms with Gasteiger partial charge in [0.25, 0.3) is 5.91 Å². The summed E-state index contributed by atoms with van der Waals surface area (Å²) in [6.07, 6.45) is 0.869. The van der Waals surface area contributed by atoms with Crippen molar-refractivity contribution >= 4 is 17.5 Å². The van der Waals surface area contributed by atoms with E-state index in [-0.39, 0.29) is 24.1 Å². The number of carbonyl (C=O) groups is 2. The smallest absolute Gasteiger partial charge is 0.253 e. The van der Waals surface area contributed by atoms with Gasteiger partial charge < -0.3 is 20.1 Å². The third kappa shape index (κ3) is 5.00. The minimum atomic E-state index is -0.354. The molecule has 1 aliphatic rings. The maximum absolute atomic E-state index is 12.5. The van der Waals surface area contributed by atoms with Crippen LogP contribution < -0.4 is 20.1 Å². The van der Waals surface area contributed by atoms with Crippen LogP contribution in [0.15, 0.2) is 42.5 Å². The highest BCUT2D eigenvalue weighted by atomic mass is 16.7. The Balaban J connectivity index is 1.62. The lowest BCUT2D eigenvalue weighted by atomic mass is 10.1. The first-order valence-corrected chi connectivity index (χ1v) is 8.92. The Morgan fingerprint density at radius 3 is 2.56 bits per heavy atom. The number of amides is 2. The number of fused-ring (bicyclic) bond motifs is 1. The molecule has 3 rings (SSSR count). The van der Waals surface area contributed by atoms with E-state index in [1.807, 2.05) is 39.0 Å². The molecule has 0 spiro atoms. The minimum Gasteiger partial charge on any atom is -0.454 e. The van der Waals surface area contributed by atoms with Crippen LogP contribution in [0.25, 0.3) is 0 Å². The standard InChI is InChI=1S/C21H24N2O4/c1-21(2,3)23-20(25)15-6-4-5-7-16(15)22-19(24)11-9-14-8-10-17-18(12-14)27-13-26-17/h4-8,10,12H,9,11,13H2,1-3H3,(H,22,24)(H,23,25). The lowest BCUT2D eigenvalue weighted by Gasteiger charge is -2.21. The van der Waals surface area contributed by atoms with E-state index in [1.54, 1.807) is 24.3 Å². The number of hydrogen-bond acceptors (Lipinski definition) is 4. The number of para-hydroxylation sites is 1. The molecule has 1 aliphatic heterocycles.